The minimum Gasteiger partial charge on any atom is -0.351 e. The molecule has 150 valence electrons. The van der Waals surface area contributed by atoms with Gasteiger partial charge in [0, 0.05) is 50.3 Å². The Bertz CT molecular complexity index is 1150. The number of hydrogen-bond donors (Lipinski definition) is 1. The molecule has 2 aliphatic rings. The van der Waals surface area contributed by atoms with Gasteiger partial charge < -0.3 is 14.8 Å². The summed E-state index contributed by atoms with van der Waals surface area (Å²) >= 11 is 5.86. The Morgan fingerprint density at radius 2 is 1.93 bits per heavy atom. The van der Waals surface area contributed by atoms with Crippen LogP contribution in [0.3, 0.4) is 0 Å². The summed E-state index contributed by atoms with van der Waals surface area (Å²) in [6.07, 6.45) is 9.58. The number of amides is 1. The number of aromatic amines is 1. The summed E-state index contributed by atoms with van der Waals surface area (Å²) in [7, 11) is 0. The molecule has 5 rings (SSSR count). The van der Waals surface area contributed by atoms with Gasteiger partial charge in [0.2, 0.25) is 0 Å². The molecule has 1 saturated heterocycles. The summed E-state index contributed by atoms with van der Waals surface area (Å²) in [6, 6.07) is 1.43. The van der Waals surface area contributed by atoms with Crippen molar-refractivity contribution in [2.75, 3.05) is 31.1 Å². The van der Waals surface area contributed by atoms with E-state index >= 15 is 0 Å². The predicted octanol–water partition coefficient (Wildman–Crippen LogP) is 1.91. The number of pyridine rings is 1. The smallest absolute Gasteiger partial charge is 0.266 e. The molecule has 1 fully saturated rings. The zero-order valence-electron chi connectivity index (χ0n) is 15.9. The third-order valence-electron chi connectivity index (χ3n) is 5.77. The summed E-state index contributed by atoms with van der Waals surface area (Å²) < 4.78 is 1.96. The number of fused-ring (bicyclic) bond motifs is 3. The van der Waals surface area contributed by atoms with E-state index < -0.39 is 5.56 Å². The van der Waals surface area contributed by atoms with Crippen molar-refractivity contribution in [3.63, 3.8) is 0 Å². The first-order valence-corrected chi connectivity index (χ1v) is 10.3. The van der Waals surface area contributed by atoms with Gasteiger partial charge in [-0.05, 0) is 31.7 Å². The first-order valence-electron chi connectivity index (χ1n) is 9.89. The summed E-state index contributed by atoms with van der Waals surface area (Å²) in [5.41, 5.74) is 3.62. The highest BCUT2D eigenvalue weighted by atomic mass is 35.5. The quantitative estimate of drug-likeness (QED) is 0.694. The molecule has 1 N–H and O–H groups in total. The minimum absolute atomic E-state index is 0.0240. The lowest BCUT2D eigenvalue weighted by molar-refractivity contribution is 0.0746. The van der Waals surface area contributed by atoms with Crippen molar-refractivity contribution in [1.82, 2.24) is 24.5 Å². The van der Waals surface area contributed by atoms with Crippen molar-refractivity contribution in [3.05, 3.63) is 56.9 Å². The number of rotatable bonds is 2. The van der Waals surface area contributed by atoms with Crippen LogP contribution in [-0.2, 0) is 12.8 Å². The number of nitrogens with zero attached hydrogens (tertiary/aromatic N) is 5. The molecule has 0 radical (unpaired) electrons. The number of anilines is 1. The summed E-state index contributed by atoms with van der Waals surface area (Å²) in [5, 5.41) is 4.77. The van der Waals surface area contributed by atoms with Gasteiger partial charge in [-0.3, -0.25) is 9.59 Å². The van der Waals surface area contributed by atoms with Gasteiger partial charge in [-0.15, -0.1) is 0 Å². The van der Waals surface area contributed by atoms with Crippen molar-refractivity contribution >= 4 is 28.8 Å². The summed E-state index contributed by atoms with van der Waals surface area (Å²) in [4.78, 5) is 35.4. The third kappa shape index (κ3) is 3.17. The van der Waals surface area contributed by atoms with E-state index in [1.807, 2.05) is 10.7 Å². The molecule has 9 heteroatoms. The Hall–Kier alpha value is -2.87. The van der Waals surface area contributed by atoms with E-state index in [-0.39, 0.29) is 10.9 Å². The molecule has 0 spiro atoms. The highest BCUT2D eigenvalue weighted by Gasteiger charge is 2.27. The Kier molecular flexibility index (Phi) is 4.50. The lowest BCUT2D eigenvalue weighted by atomic mass is 9.97. The number of hydrogen-bond acceptors (Lipinski definition) is 5. The van der Waals surface area contributed by atoms with Crippen LogP contribution < -0.4 is 10.5 Å². The SMILES string of the molecule is O=C(c1c[nH]c(=O)c(Cl)c1)N1CCN(c2nccn3nc4c(c23)CCCC4)CC1. The average molecular weight is 413 g/mol. The Balaban J connectivity index is 1.37. The summed E-state index contributed by atoms with van der Waals surface area (Å²) in [5.74, 6) is 0.818. The maximum atomic E-state index is 12.8. The molecule has 4 heterocycles. The fourth-order valence-electron chi connectivity index (χ4n) is 4.26. The van der Waals surface area contributed by atoms with Crippen molar-refractivity contribution < 1.29 is 4.79 Å². The largest absolute Gasteiger partial charge is 0.351 e. The Labute approximate surface area is 172 Å². The third-order valence-corrected chi connectivity index (χ3v) is 6.05. The van der Waals surface area contributed by atoms with Gasteiger partial charge in [-0.2, -0.15) is 5.10 Å². The van der Waals surface area contributed by atoms with Crippen molar-refractivity contribution in [2.24, 2.45) is 0 Å². The van der Waals surface area contributed by atoms with E-state index in [2.05, 4.69) is 14.9 Å². The van der Waals surface area contributed by atoms with E-state index in [1.165, 1.54) is 36.4 Å². The van der Waals surface area contributed by atoms with Crippen molar-refractivity contribution in [2.45, 2.75) is 25.7 Å². The fraction of sp³-hybridized carbons (Fsp3) is 0.400. The molecule has 0 aromatic carbocycles. The lowest BCUT2D eigenvalue weighted by Crippen LogP contribution is -2.49. The van der Waals surface area contributed by atoms with Crippen LogP contribution in [0.4, 0.5) is 5.82 Å². The highest BCUT2D eigenvalue weighted by Crippen LogP contribution is 2.30. The van der Waals surface area contributed by atoms with Crippen LogP contribution in [0.5, 0.6) is 0 Å². The Morgan fingerprint density at radius 1 is 1.14 bits per heavy atom. The van der Waals surface area contributed by atoms with Crippen LogP contribution in [0.2, 0.25) is 5.02 Å². The van der Waals surface area contributed by atoms with Crippen LogP contribution in [0, 0.1) is 0 Å². The van der Waals surface area contributed by atoms with Gasteiger partial charge in [0.1, 0.15) is 10.5 Å². The highest BCUT2D eigenvalue weighted by molar-refractivity contribution is 6.30. The molecule has 3 aromatic rings. The van der Waals surface area contributed by atoms with Crippen LogP contribution in [-0.4, -0.2) is 56.6 Å². The molecule has 0 atom stereocenters. The first kappa shape index (κ1) is 18.2. The molecule has 1 aliphatic carbocycles. The van der Waals surface area contributed by atoms with Crippen LogP contribution >= 0.6 is 11.6 Å². The van der Waals surface area contributed by atoms with Gasteiger partial charge in [0.05, 0.1) is 11.3 Å². The standard InChI is InChI=1S/C20H21ClN6O2/c21-15-11-13(12-23-19(15)28)20(29)26-9-7-25(8-10-26)18-17-14-3-1-2-4-16(14)24-27(17)6-5-22-18/h5-6,11-12H,1-4,7-10H2,(H,23,28). The molecule has 0 bridgehead atoms. The number of carbonyl (C=O) groups is 1. The second-order valence-electron chi connectivity index (χ2n) is 7.52. The number of carbonyl (C=O) groups excluding carboxylic acids is 1. The zero-order chi connectivity index (χ0) is 20.0. The van der Waals surface area contributed by atoms with E-state index in [0.717, 1.165) is 24.2 Å². The fourth-order valence-corrected chi connectivity index (χ4v) is 4.43. The van der Waals surface area contributed by atoms with E-state index in [4.69, 9.17) is 16.7 Å². The topological polar surface area (TPSA) is 86.6 Å². The predicted molar refractivity (Wildman–Crippen MR) is 110 cm³/mol. The number of aryl methyl sites for hydroxylation is 2. The van der Waals surface area contributed by atoms with Crippen LogP contribution in [0.1, 0.15) is 34.5 Å². The molecule has 3 aromatic heterocycles. The van der Waals surface area contributed by atoms with Crippen LogP contribution in [0.25, 0.3) is 5.52 Å². The van der Waals surface area contributed by atoms with Crippen molar-refractivity contribution in [1.29, 1.82) is 0 Å². The molecule has 8 nitrogen and oxygen atoms in total. The number of piperazine rings is 1. The zero-order valence-corrected chi connectivity index (χ0v) is 16.7. The second-order valence-corrected chi connectivity index (χ2v) is 7.93. The van der Waals surface area contributed by atoms with E-state index in [1.54, 1.807) is 11.1 Å². The van der Waals surface area contributed by atoms with Crippen molar-refractivity contribution in [3.8, 4) is 0 Å². The number of halogens is 1. The first-order chi connectivity index (χ1) is 14.1. The average Bonchev–Trinajstić information content (AvgIpc) is 3.14. The Morgan fingerprint density at radius 3 is 2.72 bits per heavy atom. The molecule has 1 amide bonds. The summed E-state index contributed by atoms with van der Waals surface area (Å²) in [6.45, 7) is 2.54. The molecule has 1 aliphatic heterocycles. The molecule has 0 saturated carbocycles. The van der Waals surface area contributed by atoms with Gasteiger partial charge in [-0.1, -0.05) is 11.6 Å². The molecule has 29 heavy (non-hydrogen) atoms. The number of aromatic nitrogens is 4. The monoisotopic (exact) mass is 412 g/mol. The second kappa shape index (κ2) is 7.18. The van der Waals surface area contributed by atoms with Gasteiger partial charge in [0.25, 0.3) is 11.5 Å². The van der Waals surface area contributed by atoms with E-state index in [0.29, 0.717) is 31.7 Å². The number of nitrogens with one attached hydrogen (secondary N) is 1. The normalized spacial score (nSPS) is 16.9. The maximum absolute atomic E-state index is 12.8. The van der Waals surface area contributed by atoms with Gasteiger partial charge in [-0.25, -0.2) is 9.50 Å². The molecular formula is C20H21ClN6O2. The molecular weight excluding hydrogens is 392 g/mol. The van der Waals surface area contributed by atoms with Gasteiger partial charge in [0.15, 0.2) is 5.82 Å². The molecule has 0 unspecified atom stereocenters. The lowest BCUT2D eigenvalue weighted by Gasteiger charge is -2.35. The van der Waals surface area contributed by atoms with Gasteiger partial charge >= 0.3 is 0 Å². The minimum atomic E-state index is -0.392. The van der Waals surface area contributed by atoms with E-state index in [9.17, 15) is 9.59 Å². The van der Waals surface area contributed by atoms with Crippen LogP contribution in [0.15, 0.2) is 29.5 Å². The number of H-pyrrole nitrogens is 1. The maximum Gasteiger partial charge on any atom is 0.266 e.